The third-order valence-electron chi connectivity index (χ3n) is 4.26. The largest absolute Gasteiger partial charge is 0.492 e. The van der Waals surface area contributed by atoms with Crippen LogP contribution in [0.5, 0.6) is 5.75 Å². The van der Waals surface area contributed by atoms with Gasteiger partial charge in [0.25, 0.3) is 0 Å². The number of nitrogens with two attached hydrogens (primary N) is 1. The highest BCUT2D eigenvalue weighted by Crippen LogP contribution is 2.31. The van der Waals surface area contributed by atoms with E-state index < -0.39 is 9.84 Å². The van der Waals surface area contributed by atoms with Gasteiger partial charge in [0, 0.05) is 24.2 Å². The molecule has 0 atom stereocenters. The van der Waals surface area contributed by atoms with Crippen molar-refractivity contribution in [1.82, 2.24) is 0 Å². The van der Waals surface area contributed by atoms with Gasteiger partial charge in [-0.1, -0.05) is 6.07 Å². The van der Waals surface area contributed by atoms with Crippen LogP contribution in [-0.4, -0.2) is 34.4 Å². The lowest BCUT2D eigenvalue weighted by molar-refractivity contribution is 0.322. The standard InChI is InChI=1S/C18H22N2O3S.ClH/c1-24(21,22)15-9-7-14(8-10-15)23-13-12-20-11-3-4-16-17(19)5-2-6-18(16)20;/h2,5-10H,3-4,11-13,19H2,1H3;1H. The van der Waals surface area contributed by atoms with Gasteiger partial charge in [0.2, 0.25) is 0 Å². The number of rotatable bonds is 5. The van der Waals surface area contributed by atoms with Crippen molar-refractivity contribution in [1.29, 1.82) is 0 Å². The average Bonchev–Trinajstić information content (AvgIpc) is 2.55. The van der Waals surface area contributed by atoms with Crippen LogP contribution in [-0.2, 0) is 16.3 Å². The van der Waals surface area contributed by atoms with Gasteiger partial charge < -0.3 is 15.4 Å². The lowest BCUT2D eigenvalue weighted by Crippen LogP contribution is -2.33. The predicted molar refractivity (Wildman–Crippen MR) is 104 cm³/mol. The first-order valence-corrected chi connectivity index (χ1v) is 9.89. The van der Waals surface area contributed by atoms with E-state index in [1.807, 2.05) is 12.1 Å². The fraction of sp³-hybridized carbons (Fsp3) is 0.333. The van der Waals surface area contributed by atoms with Gasteiger partial charge in [-0.05, 0) is 54.8 Å². The molecule has 0 fully saturated rings. The molecule has 0 unspecified atom stereocenters. The second kappa shape index (κ2) is 7.97. The maximum Gasteiger partial charge on any atom is 0.175 e. The number of sulfone groups is 1. The zero-order valence-electron chi connectivity index (χ0n) is 14.1. The normalized spacial score (nSPS) is 13.7. The highest BCUT2D eigenvalue weighted by molar-refractivity contribution is 7.90. The predicted octanol–water partition coefficient (Wildman–Crippen LogP) is 2.93. The number of halogens is 1. The number of hydrogen-bond donors (Lipinski definition) is 1. The molecule has 0 spiro atoms. The minimum atomic E-state index is -3.17. The first-order valence-electron chi connectivity index (χ1n) is 8.00. The van der Waals surface area contributed by atoms with Crippen molar-refractivity contribution in [3.8, 4) is 5.75 Å². The first-order chi connectivity index (χ1) is 11.4. The van der Waals surface area contributed by atoms with Crippen LogP contribution in [0.15, 0.2) is 47.4 Å². The van der Waals surface area contributed by atoms with Crippen molar-refractivity contribution in [2.75, 3.05) is 36.6 Å². The SMILES string of the molecule is CS(=O)(=O)c1ccc(OCCN2CCCc3c(N)cccc32)cc1.Cl. The summed E-state index contributed by atoms with van der Waals surface area (Å²) in [5.74, 6) is 0.673. The smallest absolute Gasteiger partial charge is 0.175 e. The van der Waals surface area contributed by atoms with Crippen molar-refractivity contribution in [2.24, 2.45) is 0 Å². The summed E-state index contributed by atoms with van der Waals surface area (Å²) in [6, 6.07) is 12.6. The molecule has 0 bridgehead atoms. The number of fused-ring (bicyclic) bond motifs is 1. The van der Waals surface area contributed by atoms with E-state index in [1.165, 1.54) is 17.5 Å². The summed E-state index contributed by atoms with van der Waals surface area (Å²) < 4.78 is 28.7. The van der Waals surface area contributed by atoms with Crippen LogP contribution in [0, 0.1) is 0 Å². The maximum absolute atomic E-state index is 11.5. The minimum Gasteiger partial charge on any atom is -0.492 e. The van der Waals surface area contributed by atoms with Crippen molar-refractivity contribution < 1.29 is 13.2 Å². The topological polar surface area (TPSA) is 72.6 Å². The van der Waals surface area contributed by atoms with Gasteiger partial charge >= 0.3 is 0 Å². The molecule has 2 aromatic rings. The van der Waals surface area contributed by atoms with E-state index in [1.54, 1.807) is 24.3 Å². The number of nitrogens with zero attached hydrogens (tertiary/aromatic N) is 1. The second-order valence-corrected chi connectivity index (χ2v) is 8.04. The van der Waals surface area contributed by atoms with Crippen LogP contribution in [0.1, 0.15) is 12.0 Å². The molecule has 5 nitrogen and oxygen atoms in total. The van der Waals surface area contributed by atoms with Crippen LogP contribution < -0.4 is 15.4 Å². The summed E-state index contributed by atoms with van der Waals surface area (Å²) in [5, 5.41) is 0. The Balaban J connectivity index is 0.00000225. The van der Waals surface area contributed by atoms with Gasteiger partial charge in [-0.15, -0.1) is 12.4 Å². The molecule has 1 aliphatic heterocycles. The van der Waals surface area contributed by atoms with Crippen LogP contribution in [0.25, 0.3) is 0 Å². The molecule has 1 heterocycles. The summed E-state index contributed by atoms with van der Waals surface area (Å²) in [7, 11) is -3.17. The number of benzene rings is 2. The summed E-state index contributed by atoms with van der Waals surface area (Å²) in [6.07, 6.45) is 3.30. The molecule has 0 radical (unpaired) electrons. The molecule has 0 saturated carbocycles. The first kappa shape index (κ1) is 19.4. The van der Waals surface area contributed by atoms with Crippen LogP contribution in [0.3, 0.4) is 0 Å². The Morgan fingerprint density at radius 1 is 1.16 bits per heavy atom. The van der Waals surface area contributed by atoms with Gasteiger partial charge in [-0.25, -0.2) is 8.42 Å². The van der Waals surface area contributed by atoms with Crippen LogP contribution in [0.2, 0.25) is 0 Å². The number of ether oxygens (including phenoxy) is 1. The maximum atomic E-state index is 11.5. The van der Waals surface area contributed by atoms with E-state index in [4.69, 9.17) is 10.5 Å². The summed E-state index contributed by atoms with van der Waals surface area (Å²) in [5.41, 5.74) is 9.34. The molecular weight excluding hydrogens is 360 g/mol. The number of anilines is 2. The monoisotopic (exact) mass is 382 g/mol. The molecular formula is C18H23ClN2O3S. The van der Waals surface area contributed by atoms with E-state index >= 15 is 0 Å². The molecule has 25 heavy (non-hydrogen) atoms. The van der Waals surface area contributed by atoms with E-state index in [9.17, 15) is 8.42 Å². The molecule has 0 aromatic heterocycles. The van der Waals surface area contributed by atoms with Gasteiger partial charge in [0.05, 0.1) is 11.4 Å². The molecule has 136 valence electrons. The molecule has 3 rings (SSSR count). The Labute approximate surface area is 155 Å². The Hall–Kier alpha value is -1.92. The van der Waals surface area contributed by atoms with Crippen molar-refractivity contribution in [2.45, 2.75) is 17.7 Å². The van der Waals surface area contributed by atoms with Gasteiger partial charge in [-0.2, -0.15) is 0 Å². The van der Waals surface area contributed by atoms with Crippen molar-refractivity contribution >= 4 is 33.6 Å². The van der Waals surface area contributed by atoms with E-state index in [0.717, 1.165) is 31.6 Å². The molecule has 0 saturated heterocycles. The Morgan fingerprint density at radius 3 is 2.56 bits per heavy atom. The van der Waals surface area contributed by atoms with Gasteiger partial charge in [0.15, 0.2) is 9.84 Å². The van der Waals surface area contributed by atoms with E-state index in [-0.39, 0.29) is 12.4 Å². The fourth-order valence-corrected chi connectivity index (χ4v) is 3.65. The zero-order chi connectivity index (χ0) is 17.2. The third kappa shape index (κ3) is 4.58. The van der Waals surface area contributed by atoms with Crippen LogP contribution >= 0.6 is 12.4 Å². The highest BCUT2D eigenvalue weighted by Gasteiger charge is 2.18. The van der Waals surface area contributed by atoms with Crippen molar-refractivity contribution in [3.05, 3.63) is 48.0 Å². The highest BCUT2D eigenvalue weighted by atomic mass is 35.5. The third-order valence-corrected chi connectivity index (χ3v) is 5.39. The summed E-state index contributed by atoms with van der Waals surface area (Å²) >= 11 is 0. The van der Waals surface area contributed by atoms with Gasteiger partial charge in [0.1, 0.15) is 12.4 Å². The second-order valence-electron chi connectivity index (χ2n) is 6.03. The van der Waals surface area contributed by atoms with Crippen LogP contribution in [0.4, 0.5) is 11.4 Å². The average molecular weight is 383 g/mol. The summed E-state index contributed by atoms with van der Waals surface area (Å²) in [6.45, 7) is 2.30. The molecule has 7 heteroatoms. The summed E-state index contributed by atoms with van der Waals surface area (Å²) in [4.78, 5) is 2.59. The zero-order valence-corrected chi connectivity index (χ0v) is 15.8. The Morgan fingerprint density at radius 2 is 1.88 bits per heavy atom. The quantitative estimate of drug-likeness (QED) is 0.805. The molecule has 0 aliphatic carbocycles. The Bertz CT molecular complexity index is 823. The van der Waals surface area contributed by atoms with Gasteiger partial charge in [-0.3, -0.25) is 0 Å². The molecule has 1 aliphatic rings. The lowest BCUT2D eigenvalue weighted by Gasteiger charge is -2.31. The van der Waals surface area contributed by atoms with Crippen molar-refractivity contribution in [3.63, 3.8) is 0 Å². The lowest BCUT2D eigenvalue weighted by atomic mass is 10.00. The Kier molecular flexibility index (Phi) is 6.19. The number of nitrogen functional groups attached to an aromatic ring is 1. The van der Waals surface area contributed by atoms with E-state index in [0.29, 0.717) is 17.3 Å². The molecule has 2 aromatic carbocycles. The minimum absolute atomic E-state index is 0. The molecule has 2 N–H and O–H groups in total. The fourth-order valence-electron chi connectivity index (χ4n) is 3.02. The number of hydrogen-bond acceptors (Lipinski definition) is 5. The van der Waals surface area contributed by atoms with E-state index in [2.05, 4.69) is 11.0 Å². The molecule has 0 amide bonds.